The number of aryl methyl sites for hydroxylation is 1. The maximum Gasteiger partial charge on any atom is 0.244 e. The smallest absolute Gasteiger partial charge is 0.244 e. The second-order valence-corrected chi connectivity index (χ2v) is 12.1. The summed E-state index contributed by atoms with van der Waals surface area (Å²) in [4.78, 5) is 16.5. The molecule has 1 fully saturated rings. The molecule has 0 spiro atoms. The molecular weight excluding hydrogens is 525 g/mol. The number of halogens is 1. The molecule has 1 aromatic heterocycles. The molecule has 1 amide bonds. The van der Waals surface area contributed by atoms with E-state index in [2.05, 4.69) is 47.8 Å². The maximum absolute atomic E-state index is 13.8. The van der Waals surface area contributed by atoms with E-state index < -0.39 is 42.5 Å². The highest BCUT2D eigenvalue weighted by Crippen LogP contribution is 2.44. The van der Waals surface area contributed by atoms with Gasteiger partial charge in [0.15, 0.2) is 6.17 Å². The number of hydrogen-bond acceptors (Lipinski definition) is 6. The number of alkyl halides is 1. The van der Waals surface area contributed by atoms with Gasteiger partial charge in [-0.05, 0) is 68.9 Å². The van der Waals surface area contributed by atoms with Gasteiger partial charge in [-0.3, -0.25) is 4.79 Å². The van der Waals surface area contributed by atoms with Crippen LogP contribution in [0, 0.1) is 11.3 Å². The van der Waals surface area contributed by atoms with Crippen LogP contribution in [0.5, 0.6) is 0 Å². The third-order valence-electron chi connectivity index (χ3n) is 8.40. The fourth-order valence-electron chi connectivity index (χ4n) is 5.76. The van der Waals surface area contributed by atoms with E-state index in [1.807, 2.05) is 37.8 Å². The Labute approximate surface area is 242 Å². The normalized spacial score (nSPS) is 31.3. The van der Waals surface area contributed by atoms with Crippen LogP contribution < -0.4 is 5.32 Å². The van der Waals surface area contributed by atoms with Crippen LogP contribution in [0.1, 0.15) is 60.3 Å². The van der Waals surface area contributed by atoms with E-state index >= 15 is 0 Å². The van der Waals surface area contributed by atoms with Crippen LogP contribution in [0.2, 0.25) is 0 Å². The van der Waals surface area contributed by atoms with Crippen molar-refractivity contribution in [3.63, 3.8) is 0 Å². The molecule has 0 radical (unpaired) electrons. The van der Waals surface area contributed by atoms with Crippen molar-refractivity contribution in [3.8, 4) is 0 Å². The van der Waals surface area contributed by atoms with E-state index in [4.69, 9.17) is 0 Å². The van der Waals surface area contributed by atoms with Crippen molar-refractivity contribution in [1.29, 1.82) is 0 Å². The Balaban J connectivity index is 1.59. The molecule has 5 unspecified atom stereocenters. The average Bonchev–Trinajstić information content (AvgIpc) is 3.43. The van der Waals surface area contributed by atoms with Crippen LogP contribution in [-0.2, 0) is 11.3 Å². The molecule has 0 aromatic carbocycles. The summed E-state index contributed by atoms with van der Waals surface area (Å²) in [6, 6.07) is -1.40. The zero-order valence-electron chi connectivity index (χ0n) is 24.7. The molecule has 0 bridgehead atoms. The number of nitrogens with zero attached hydrogens (tertiary/aromatic N) is 2. The van der Waals surface area contributed by atoms with Crippen LogP contribution in [0.4, 0.5) is 4.39 Å². The summed E-state index contributed by atoms with van der Waals surface area (Å²) in [6.07, 6.45) is 11.9. The lowest BCUT2D eigenvalue weighted by atomic mass is 9.68. The first-order chi connectivity index (χ1) is 19.3. The quantitative estimate of drug-likeness (QED) is 0.215. The van der Waals surface area contributed by atoms with Crippen molar-refractivity contribution in [2.24, 2.45) is 11.3 Å². The van der Waals surface area contributed by atoms with E-state index in [-0.39, 0.29) is 5.41 Å². The summed E-state index contributed by atoms with van der Waals surface area (Å²) < 4.78 is 15.9. The molecule has 41 heavy (non-hydrogen) atoms. The summed E-state index contributed by atoms with van der Waals surface area (Å²) in [5, 5.41) is 41.9. The Morgan fingerprint density at radius 2 is 1.80 bits per heavy atom. The highest BCUT2D eigenvalue weighted by atomic mass is 19.1. The number of aromatic nitrogens is 2. The molecule has 9 heteroatoms. The number of nitrogens with one attached hydrogen (secondary N) is 1. The lowest BCUT2D eigenvalue weighted by Gasteiger charge is -2.40. The summed E-state index contributed by atoms with van der Waals surface area (Å²) in [5.74, 6) is -0.0656. The maximum atomic E-state index is 13.8. The fraction of sp³-hybridized carbons (Fsp3) is 0.562. The number of aliphatic hydroxyl groups excluding tert-OH is 4. The summed E-state index contributed by atoms with van der Waals surface area (Å²) in [5.41, 5.74) is 4.62. The van der Waals surface area contributed by atoms with E-state index in [9.17, 15) is 29.6 Å². The lowest BCUT2D eigenvalue weighted by molar-refractivity contribution is -0.170. The van der Waals surface area contributed by atoms with Crippen molar-refractivity contribution in [2.75, 3.05) is 0 Å². The highest BCUT2D eigenvalue weighted by molar-refractivity contribution is 5.89. The largest absolute Gasteiger partial charge is 0.388 e. The summed E-state index contributed by atoms with van der Waals surface area (Å²) in [6.45, 7) is 11.6. The van der Waals surface area contributed by atoms with Gasteiger partial charge in [0.05, 0.1) is 12.4 Å². The van der Waals surface area contributed by atoms with Gasteiger partial charge in [-0.2, -0.15) is 0 Å². The van der Waals surface area contributed by atoms with Crippen molar-refractivity contribution < 1.29 is 29.6 Å². The van der Waals surface area contributed by atoms with Gasteiger partial charge in [0, 0.05) is 25.0 Å². The molecule has 8 nitrogen and oxygen atoms in total. The molecule has 226 valence electrons. The molecule has 5 N–H and O–H groups in total. The third kappa shape index (κ3) is 8.58. The minimum Gasteiger partial charge on any atom is -0.388 e. The van der Waals surface area contributed by atoms with Crippen LogP contribution in [0.25, 0.3) is 0 Å². The molecule has 1 saturated carbocycles. The van der Waals surface area contributed by atoms with Gasteiger partial charge in [0.1, 0.15) is 24.4 Å². The lowest BCUT2D eigenvalue weighted by Crippen LogP contribution is -2.67. The number of imidazole rings is 1. The van der Waals surface area contributed by atoms with E-state index in [1.165, 1.54) is 23.6 Å². The Hall–Kier alpha value is -2.85. The third-order valence-corrected chi connectivity index (χ3v) is 8.40. The standard InChI is InChI=1S/C32H46FN3O5/c1-20(8-6-9-21(2)18-25(37)35-27-30(40)28(38)26(33)29(39)31(27)41)11-12-24-22(3)23(13-14-32(24,4)5)10-7-16-36-17-15-34-19-36/h6,8-9,11-12,15,17-19,23,26-31,38-41H,7,10,13-14,16H2,1-5H3,(H,35,37)/b9-6+,12-11+,20-8+,21-18+. The first-order valence-corrected chi connectivity index (χ1v) is 14.4. The number of allylic oxidation sites excluding steroid dienone is 9. The van der Waals surface area contributed by atoms with Gasteiger partial charge >= 0.3 is 0 Å². The van der Waals surface area contributed by atoms with Crippen LogP contribution in [0.3, 0.4) is 0 Å². The van der Waals surface area contributed by atoms with Crippen LogP contribution >= 0.6 is 0 Å². The van der Waals surface area contributed by atoms with E-state index in [0.717, 1.165) is 31.4 Å². The van der Waals surface area contributed by atoms with Crippen LogP contribution in [0.15, 0.2) is 77.5 Å². The predicted molar refractivity (Wildman–Crippen MR) is 157 cm³/mol. The number of hydrogen-bond donors (Lipinski definition) is 5. The molecule has 2 aliphatic rings. The number of carbonyl (C=O) groups is 1. The molecular formula is C32H46FN3O5. The van der Waals surface area contributed by atoms with E-state index in [1.54, 1.807) is 13.0 Å². The fourth-order valence-corrected chi connectivity index (χ4v) is 5.76. The Morgan fingerprint density at radius 3 is 2.44 bits per heavy atom. The van der Waals surface area contributed by atoms with Crippen molar-refractivity contribution >= 4 is 5.91 Å². The Kier molecular flexibility index (Phi) is 11.4. The van der Waals surface area contributed by atoms with Gasteiger partial charge in [0.25, 0.3) is 0 Å². The monoisotopic (exact) mass is 571 g/mol. The van der Waals surface area contributed by atoms with Crippen LogP contribution in [-0.4, -0.2) is 72.5 Å². The predicted octanol–water partition coefficient (Wildman–Crippen LogP) is 3.70. The SMILES string of the molecule is CC1=C(/C=C/C(C)=C/C=C/C(C)=C/C(=O)NC2C(O)C(O)C(F)C(O)C2O)C(C)(C)CCC1CCCn1ccnc1. The number of rotatable bonds is 10. The average molecular weight is 572 g/mol. The van der Waals surface area contributed by atoms with Gasteiger partial charge in [-0.25, -0.2) is 9.37 Å². The second-order valence-electron chi connectivity index (χ2n) is 12.1. The topological polar surface area (TPSA) is 128 Å². The summed E-state index contributed by atoms with van der Waals surface area (Å²) in [7, 11) is 0. The first kappa shape index (κ1) is 32.7. The van der Waals surface area contributed by atoms with Crippen molar-refractivity contribution in [2.45, 2.75) is 103 Å². The van der Waals surface area contributed by atoms with Gasteiger partial charge in [0.2, 0.25) is 5.91 Å². The molecule has 1 aromatic rings. The minimum atomic E-state index is -2.21. The number of aliphatic hydroxyl groups is 4. The summed E-state index contributed by atoms with van der Waals surface area (Å²) >= 11 is 0. The number of carbonyl (C=O) groups excluding carboxylic acids is 1. The molecule has 0 aliphatic heterocycles. The van der Waals surface area contributed by atoms with Gasteiger partial charge in [-0.15, -0.1) is 0 Å². The molecule has 1 heterocycles. The molecule has 5 atom stereocenters. The van der Waals surface area contributed by atoms with E-state index in [0.29, 0.717) is 11.5 Å². The Morgan fingerprint density at radius 1 is 1.12 bits per heavy atom. The van der Waals surface area contributed by atoms with Gasteiger partial charge in [-0.1, -0.05) is 55.4 Å². The van der Waals surface area contributed by atoms with Crippen molar-refractivity contribution in [3.05, 3.63) is 77.5 Å². The zero-order valence-corrected chi connectivity index (χ0v) is 24.7. The number of amides is 1. The molecule has 3 rings (SSSR count). The van der Waals surface area contributed by atoms with Gasteiger partial charge < -0.3 is 30.3 Å². The highest BCUT2D eigenvalue weighted by Gasteiger charge is 2.49. The first-order valence-electron chi connectivity index (χ1n) is 14.4. The minimum absolute atomic E-state index is 0.112. The Bertz CT molecular complexity index is 1170. The molecule has 0 saturated heterocycles. The zero-order chi connectivity index (χ0) is 30.3. The van der Waals surface area contributed by atoms with Crippen molar-refractivity contribution in [1.82, 2.24) is 14.9 Å². The second kappa shape index (κ2) is 14.4. The molecule has 2 aliphatic carbocycles.